The van der Waals surface area contributed by atoms with Crippen molar-refractivity contribution >= 4 is 52.1 Å². The molecule has 0 spiro atoms. The number of nitrogens with zero attached hydrogens (tertiary/aromatic N) is 8. The molecule has 0 radical (unpaired) electrons. The number of carbonyl (C=O) groups excluding carboxylic acids is 4. The molecule has 1 aliphatic carbocycles. The second-order valence-corrected chi connectivity index (χ2v) is 16.1. The number of carbonyl (C=O) groups is 4. The number of amides is 4. The quantitative estimate of drug-likeness (QED) is 0.232. The molecule has 14 heteroatoms. The zero-order valence-electron chi connectivity index (χ0n) is 31.5. The lowest BCUT2D eigenvalue weighted by Crippen LogP contribution is -2.54. The summed E-state index contributed by atoms with van der Waals surface area (Å²) in [6.07, 6.45) is 12.1. The van der Waals surface area contributed by atoms with Crippen LogP contribution in [0.5, 0.6) is 0 Å². The second-order valence-electron chi connectivity index (χ2n) is 16.1. The average Bonchev–Trinajstić information content (AvgIpc) is 3.91. The molecule has 3 aromatic heterocycles. The van der Waals surface area contributed by atoms with Crippen LogP contribution in [0.15, 0.2) is 48.8 Å². The van der Waals surface area contributed by atoms with E-state index in [-0.39, 0.29) is 36.1 Å². The van der Waals surface area contributed by atoms with Gasteiger partial charge in [-0.2, -0.15) is 4.98 Å². The zero-order chi connectivity index (χ0) is 37.8. The fraction of sp³-hybridized carbons (Fsp3) is 0.488. The summed E-state index contributed by atoms with van der Waals surface area (Å²) in [7, 11) is 3.56. The van der Waals surface area contributed by atoms with E-state index < -0.39 is 6.04 Å². The zero-order valence-corrected chi connectivity index (χ0v) is 31.5. The molecule has 4 amide bonds. The molecule has 1 saturated carbocycles. The van der Waals surface area contributed by atoms with E-state index in [4.69, 9.17) is 9.97 Å². The fourth-order valence-corrected chi connectivity index (χ4v) is 9.49. The van der Waals surface area contributed by atoms with Crippen molar-refractivity contribution in [1.29, 1.82) is 0 Å². The van der Waals surface area contributed by atoms with Crippen LogP contribution in [0.2, 0.25) is 0 Å². The first kappa shape index (κ1) is 35.3. The molecule has 7 heterocycles. The van der Waals surface area contributed by atoms with Crippen LogP contribution in [0.25, 0.3) is 11.0 Å². The highest BCUT2D eigenvalue weighted by molar-refractivity contribution is 6.06. The minimum absolute atomic E-state index is 0.0266. The molecule has 0 bridgehead atoms. The minimum Gasteiger partial charge on any atom is -0.368 e. The molecule has 0 unspecified atom stereocenters. The molecule has 286 valence electrons. The summed E-state index contributed by atoms with van der Waals surface area (Å²) < 4.78 is 2.12. The number of piperidine rings is 2. The number of aromatic nitrogens is 4. The Morgan fingerprint density at radius 2 is 1.75 bits per heavy atom. The molecule has 14 nitrogen and oxygen atoms in total. The maximum atomic E-state index is 13.4. The number of benzene rings is 1. The predicted octanol–water partition coefficient (Wildman–Crippen LogP) is 4.64. The van der Waals surface area contributed by atoms with Gasteiger partial charge >= 0.3 is 0 Å². The van der Waals surface area contributed by atoms with Crippen molar-refractivity contribution in [1.82, 2.24) is 39.5 Å². The third-order valence-electron chi connectivity index (χ3n) is 12.5. The summed E-state index contributed by atoms with van der Waals surface area (Å²) in [5.41, 5.74) is 5.37. The third-order valence-corrected chi connectivity index (χ3v) is 12.5. The number of imide groups is 1. The number of pyridine rings is 1. The lowest BCUT2D eigenvalue weighted by atomic mass is 9.81. The van der Waals surface area contributed by atoms with Gasteiger partial charge in [0.2, 0.25) is 17.8 Å². The van der Waals surface area contributed by atoms with Gasteiger partial charge in [0.1, 0.15) is 23.2 Å². The van der Waals surface area contributed by atoms with Crippen LogP contribution in [0.1, 0.15) is 95.8 Å². The van der Waals surface area contributed by atoms with E-state index in [1.807, 2.05) is 30.5 Å². The van der Waals surface area contributed by atoms with Crippen molar-refractivity contribution in [3.05, 3.63) is 71.2 Å². The Labute approximate surface area is 320 Å². The molecule has 2 atom stereocenters. The largest absolute Gasteiger partial charge is 0.368 e. The number of rotatable bonds is 9. The van der Waals surface area contributed by atoms with Crippen LogP contribution in [-0.4, -0.2) is 104 Å². The first-order valence-electron chi connectivity index (χ1n) is 19.8. The first-order chi connectivity index (χ1) is 26.7. The first-order valence-corrected chi connectivity index (χ1v) is 19.8. The number of fused-ring (bicyclic) bond motifs is 2. The molecular formula is C41H48N10O4. The molecule has 3 saturated heterocycles. The summed E-state index contributed by atoms with van der Waals surface area (Å²) in [5, 5.41) is 6.55. The summed E-state index contributed by atoms with van der Waals surface area (Å²) in [6, 6.07) is 12.0. The molecule has 5 aliphatic rings. The number of anilines is 3. The van der Waals surface area contributed by atoms with Crippen LogP contribution >= 0.6 is 0 Å². The molecule has 55 heavy (non-hydrogen) atoms. The Hall–Kier alpha value is -5.37. The number of nitrogens with one attached hydrogen (secondary N) is 2. The van der Waals surface area contributed by atoms with E-state index in [9.17, 15) is 19.2 Å². The van der Waals surface area contributed by atoms with Crippen LogP contribution in [0.4, 0.5) is 17.5 Å². The normalized spacial score (nSPS) is 22.3. The van der Waals surface area contributed by atoms with Crippen molar-refractivity contribution in [2.24, 2.45) is 5.92 Å². The van der Waals surface area contributed by atoms with Gasteiger partial charge in [-0.1, -0.05) is 25.0 Å². The lowest BCUT2D eigenvalue weighted by molar-refractivity contribution is -0.136. The average molecular weight is 745 g/mol. The Balaban J connectivity index is 0.809. The number of likely N-dealkylation sites (tertiary alicyclic amines) is 1. The van der Waals surface area contributed by atoms with Crippen LogP contribution in [0, 0.1) is 5.92 Å². The van der Waals surface area contributed by atoms with Crippen molar-refractivity contribution in [3.8, 4) is 0 Å². The van der Waals surface area contributed by atoms with Crippen molar-refractivity contribution in [2.45, 2.75) is 89.0 Å². The third kappa shape index (κ3) is 6.59. The smallest absolute Gasteiger partial charge is 0.270 e. The van der Waals surface area contributed by atoms with Gasteiger partial charge in [-0.25, -0.2) is 9.97 Å². The van der Waals surface area contributed by atoms with E-state index >= 15 is 0 Å². The Kier molecular flexibility index (Phi) is 9.23. The van der Waals surface area contributed by atoms with Crippen LogP contribution < -0.4 is 15.5 Å². The summed E-state index contributed by atoms with van der Waals surface area (Å²) in [4.78, 5) is 73.2. The molecule has 9 rings (SSSR count). The number of hydrogen-bond acceptors (Lipinski definition) is 10. The highest BCUT2D eigenvalue weighted by atomic mass is 16.2. The van der Waals surface area contributed by atoms with E-state index in [2.05, 4.69) is 42.1 Å². The van der Waals surface area contributed by atoms with E-state index in [1.165, 1.54) is 0 Å². The van der Waals surface area contributed by atoms with Gasteiger partial charge in [0.25, 0.3) is 11.8 Å². The Bertz CT molecular complexity index is 2150. The van der Waals surface area contributed by atoms with E-state index in [0.717, 1.165) is 99.0 Å². The van der Waals surface area contributed by atoms with Gasteiger partial charge in [-0.3, -0.25) is 29.4 Å². The Morgan fingerprint density at radius 3 is 2.45 bits per heavy atom. The van der Waals surface area contributed by atoms with E-state index in [0.29, 0.717) is 47.9 Å². The van der Waals surface area contributed by atoms with Gasteiger partial charge in [-0.15, -0.1) is 0 Å². The SMILES string of the molecule is CN(C)C(=O)c1cc2cnc(Nc3ccc(CN4CCC([C@H]5CCN5c5cccc6c5CN([C@@H]5CCC(=O)NC5=O)C6=O)CC4)cn3)nc2n1C1CCCC1. The Morgan fingerprint density at radius 1 is 0.927 bits per heavy atom. The fourth-order valence-electron chi connectivity index (χ4n) is 9.49. The van der Waals surface area contributed by atoms with E-state index in [1.54, 1.807) is 30.1 Å². The van der Waals surface area contributed by atoms with Crippen LogP contribution in [0.3, 0.4) is 0 Å². The highest BCUT2D eigenvalue weighted by Gasteiger charge is 2.43. The van der Waals surface area contributed by atoms with Gasteiger partial charge in [0.05, 0.1) is 0 Å². The lowest BCUT2D eigenvalue weighted by Gasteiger charge is -2.50. The highest BCUT2D eigenvalue weighted by Crippen LogP contribution is 2.41. The van der Waals surface area contributed by atoms with Gasteiger partial charge in [-0.05, 0) is 87.4 Å². The minimum atomic E-state index is -0.607. The number of hydrogen-bond donors (Lipinski definition) is 2. The van der Waals surface area contributed by atoms with Gasteiger partial charge < -0.3 is 24.6 Å². The molecule has 2 N–H and O–H groups in total. The maximum Gasteiger partial charge on any atom is 0.270 e. The van der Waals surface area contributed by atoms with Crippen molar-refractivity contribution < 1.29 is 19.2 Å². The monoisotopic (exact) mass is 744 g/mol. The van der Waals surface area contributed by atoms with Gasteiger partial charge in [0, 0.05) is 86.8 Å². The maximum absolute atomic E-state index is 13.4. The topological polar surface area (TPSA) is 149 Å². The molecule has 4 fully saturated rings. The molecule has 1 aromatic carbocycles. The summed E-state index contributed by atoms with van der Waals surface area (Å²) >= 11 is 0. The van der Waals surface area contributed by atoms with Gasteiger partial charge in [0.15, 0.2) is 0 Å². The predicted molar refractivity (Wildman–Crippen MR) is 207 cm³/mol. The molecule has 4 aromatic rings. The molecular weight excluding hydrogens is 697 g/mol. The summed E-state index contributed by atoms with van der Waals surface area (Å²) in [5.74, 6) is 0.898. The molecule has 4 aliphatic heterocycles. The second kappa shape index (κ2) is 14.4. The van der Waals surface area contributed by atoms with Crippen molar-refractivity contribution in [2.75, 3.05) is 43.9 Å². The standard InChI is InChI=1S/C41H48N10O4/c1-47(2)40(55)34-20-27-22-43-41(46-37(27)51(34)28-6-3-4-7-28)44-35-12-10-25(21-42-35)23-48-17-14-26(15-18-48)31-16-19-49(31)32-9-5-8-29-30(32)24-50(39(29)54)33-11-13-36(52)45-38(33)53/h5,8-10,12,20-22,26,28,31,33H,3-4,6-7,11,13-19,23-24H2,1-2H3,(H,45,52,53)(H,42,43,44,46)/t31-,33-/m1/s1. The van der Waals surface area contributed by atoms with Crippen LogP contribution in [-0.2, 0) is 22.7 Å². The summed E-state index contributed by atoms with van der Waals surface area (Å²) in [6.45, 7) is 4.22. The van der Waals surface area contributed by atoms with Crippen molar-refractivity contribution in [3.63, 3.8) is 0 Å².